The van der Waals surface area contributed by atoms with E-state index in [-0.39, 0.29) is 5.91 Å². The first-order valence-corrected chi connectivity index (χ1v) is 9.43. The number of hydrogen-bond donors (Lipinski definition) is 1. The Balaban J connectivity index is 1.48. The molecule has 1 atom stereocenters. The number of anilines is 1. The molecule has 1 N–H and O–H groups in total. The van der Waals surface area contributed by atoms with Crippen LogP contribution in [0.25, 0.3) is 0 Å². The van der Waals surface area contributed by atoms with Crippen molar-refractivity contribution in [3.05, 3.63) is 59.2 Å². The van der Waals surface area contributed by atoms with Crippen molar-refractivity contribution >= 4 is 17.6 Å². The van der Waals surface area contributed by atoms with Crippen molar-refractivity contribution in [2.45, 2.75) is 38.6 Å². The number of amides is 1. The van der Waals surface area contributed by atoms with E-state index in [9.17, 15) is 9.59 Å². The highest BCUT2D eigenvalue weighted by molar-refractivity contribution is 6.10. The number of carboxylic acids is 1. The fourth-order valence-electron chi connectivity index (χ4n) is 3.54. The fourth-order valence-corrected chi connectivity index (χ4v) is 3.54. The summed E-state index contributed by atoms with van der Waals surface area (Å²) in [6, 6.07) is 12.9. The van der Waals surface area contributed by atoms with Gasteiger partial charge < -0.3 is 14.7 Å². The lowest BCUT2D eigenvalue weighted by Crippen LogP contribution is -2.23. The van der Waals surface area contributed by atoms with Gasteiger partial charge in [0.1, 0.15) is 5.75 Å². The Labute approximate surface area is 158 Å². The number of nitrogens with zero attached hydrogens (tertiary/aromatic N) is 1. The molecule has 1 aliphatic heterocycles. The lowest BCUT2D eigenvalue weighted by Gasteiger charge is -2.25. The van der Waals surface area contributed by atoms with Crippen LogP contribution in [0.2, 0.25) is 0 Å². The van der Waals surface area contributed by atoms with E-state index in [4.69, 9.17) is 9.84 Å². The van der Waals surface area contributed by atoms with Crippen LogP contribution < -0.4 is 9.64 Å². The van der Waals surface area contributed by atoms with Crippen LogP contribution in [0.5, 0.6) is 5.75 Å². The van der Waals surface area contributed by atoms with Crippen LogP contribution in [0.3, 0.4) is 0 Å². The fraction of sp³-hybridized carbons (Fsp3) is 0.364. The monoisotopic (exact) mass is 365 g/mol. The van der Waals surface area contributed by atoms with E-state index in [1.165, 1.54) is 19.3 Å². The van der Waals surface area contributed by atoms with E-state index < -0.39 is 11.9 Å². The number of benzene rings is 2. The highest BCUT2D eigenvalue weighted by atomic mass is 16.5. The Kier molecular flexibility index (Phi) is 4.60. The summed E-state index contributed by atoms with van der Waals surface area (Å²) in [5.41, 5.74) is 3.17. The molecule has 27 heavy (non-hydrogen) atoms. The summed E-state index contributed by atoms with van der Waals surface area (Å²) in [6.45, 7) is 2.89. The summed E-state index contributed by atoms with van der Waals surface area (Å²) in [5.74, 6) is -0.0699. The molecule has 0 spiro atoms. The molecule has 1 amide bonds. The van der Waals surface area contributed by atoms with Crippen molar-refractivity contribution in [2.75, 3.05) is 11.5 Å². The zero-order valence-electron chi connectivity index (χ0n) is 15.4. The van der Waals surface area contributed by atoms with Crippen LogP contribution in [0.1, 0.15) is 53.6 Å². The van der Waals surface area contributed by atoms with Crippen LogP contribution in [0.15, 0.2) is 42.5 Å². The number of rotatable bonds is 6. The summed E-state index contributed by atoms with van der Waals surface area (Å²) >= 11 is 0. The van der Waals surface area contributed by atoms with Crippen LogP contribution in [-0.4, -0.2) is 23.6 Å². The van der Waals surface area contributed by atoms with Gasteiger partial charge in [-0.2, -0.15) is 0 Å². The average molecular weight is 365 g/mol. The van der Waals surface area contributed by atoms with E-state index >= 15 is 0 Å². The topological polar surface area (TPSA) is 66.8 Å². The first kappa shape index (κ1) is 17.6. The average Bonchev–Trinajstić information content (AvgIpc) is 2.96. The quantitative estimate of drug-likeness (QED) is 0.832. The van der Waals surface area contributed by atoms with Gasteiger partial charge in [0.25, 0.3) is 5.91 Å². The van der Waals surface area contributed by atoms with Gasteiger partial charge in [-0.15, -0.1) is 0 Å². The van der Waals surface area contributed by atoms with Crippen LogP contribution >= 0.6 is 0 Å². The van der Waals surface area contributed by atoms with Gasteiger partial charge >= 0.3 is 5.97 Å². The number of aliphatic carboxylic acids is 1. The third-order valence-corrected chi connectivity index (χ3v) is 5.67. The first-order valence-electron chi connectivity index (χ1n) is 9.43. The van der Waals surface area contributed by atoms with Crippen LogP contribution in [0, 0.1) is 5.92 Å². The molecule has 1 aliphatic carbocycles. The molecule has 1 unspecified atom stereocenters. The highest BCUT2D eigenvalue weighted by Gasteiger charge is 2.29. The van der Waals surface area contributed by atoms with Gasteiger partial charge in [0.05, 0.1) is 19.1 Å². The molecule has 0 saturated heterocycles. The second kappa shape index (κ2) is 7.06. The summed E-state index contributed by atoms with van der Waals surface area (Å²) < 4.78 is 5.86. The standard InChI is InChI=1S/C22H23NO4/c1-14(22(25)26)16-5-8-18(9-6-16)23-12-17-7-10-19(11-20(17)21(23)24)27-13-15-3-2-4-15/h5-11,14-15H,2-4,12-13H2,1H3,(H,25,26). The summed E-state index contributed by atoms with van der Waals surface area (Å²) in [7, 11) is 0. The Hall–Kier alpha value is -2.82. The van der Waals surface area contributed by atoms with Gasteiger partial charge in [-0.05, 0) is 61.1 Å². The van der Waals surface area contributed by atoms with E-state index in [1.54, 1.807) is 24.0 Å². The van der Waals surface area contributed by atoms with Crippen molar-refractivity contribution in [1.82, 2.24) is 0 Å². The van der Waals surface area contributed by atoms with E-state index in [1.807, 2.05) is 30.3 Å². The normalized spacial score (nSPS) is 17.4. The Bertz CT molecular complexity index is 870. The lowest BCUT2D eigenvalue weighted by molar-refractivity contribution is -0.138. The number of ether oxygens (including phenoxy) is 1. The number of carboxylic acid groups (broad SMARTS) is 1. The third-order valence-electron chi connectivity index (χ3n) is 5.67. The largest absolute Gasteiger partial charge is 0.493 e. The van der Waals surface area contributed by atoms with Gasteiger partial charge in [-0.3, -0.25) is 9.59 Å². The minimum absolute atomic E-state index is 0.0434. The molecule has 5 heteroatoms. The third kappa shape index (κ3) is 3.42. The Morgan fingerprint density at radius 1 is 1.22 bits per heavy atom. The minimum Gasteiger partial charge on any atom is -0.493 e. The minimum atomic E-state index is -0.859. The van der Waals surface area contributed by atoms with Gasteiger partial charge in [-0.25, -0.2) is 0 Å². The SMILES string of the molecule is CC(C(=O)O)c1ccc(N2Cc3ccc(OCC4CCC4)cc3C2=O)cc1. The summed E-state index contributed by atoms with van der Waals surface area (Å²) in [6.07, 6.45) is 3.75. The molecule has 5 nitrogen and oxygen atoms in total. The molecule has 0 bridgehead atoms. The van der Waals surface area contributed by atoms with Crippen molar-refractivity contribution in [1.29, 1.82) is 0 Å². The van der Waals surface area contributed by atoms with Crippen LogP contribution in [-0.2, 0) is 11.3 Å². The maximum absolute atomic E-state index is 12.9. The summed E-state index contributed by atoms with van der Waals surface area (Å²) in [5, 5.41) is 9.12. The number of carbonyl (C=O) groups excluding carboxylic acids is 1. The lowest BCUT2D eigenvalue weighted by atomic mass is 9.86. The molecule has 2 aliphatic rings. The first-order chi connectivity index (χ1) is 13.0. The molecule has 1 fully saturated rings. The summed E-state index contributed by atoms with van der Waals surface area (Å²) in [4.78, 5) is 25.7. The molecule has 0 aromatic heterocycles. The smallest absolute Gasteiger partial charge is 0.310 e. The Morgan fingerprint density at radius 3 is 2.59 bits per heavy atom. The number of hydrogen-bond acceptors (Lipinski definition) is 3. The molecule has 4 rings (SSSR count). The second-order valence-corrected chi connectivity index (χ2v) is 7.47. The van der Waals surface area contributed by atoms with Crippen molar-refractivity contribution < 1.29 is 19.4 Å². The molecule has 1 heterocycles. The van der Waals surface area contributed by atoms with E-state index in [0.717, 1.165) is 29.2 Å². The number of carbonyl (C=O) groups is 2. The molecule has 2 aromatic carbocycles. The maximum atomic E-state index is 12.9. The van der Waals surface area contributed by atoms with Crippen molar-refractivity contribution in [2.24, 2.45) is 5.92 Å². The van der Waals surface area contributed by atoms with Gasteiger partial charge in [-0.1, -0.05) is 24.6 Å². The Morgan fingerprint density at radius 2 is 1.96 bits per heavy atom. The van der Waals surface area contributed by atoms with Gasteiger partial charge in [0, 0.05) is 11.3 Å². The molecule has 1 saturated carbocycles. The second-order valence-electron chi connectivity index (χ2n) is 7.47. The predicted molar refractivity (Wildman–Crippen MR) is 102 cm³/mol. The molecule has 2 aromatic rings. The molecular weight excluding hydrogens is 342 g/mol. The van der Waals surface area contributed by atoms with E-state index in [2.05, 4.69) is 0 Å². The predicted octanol–water partition coefficient (Wildman–Crippen LogP) is 4.21. The van der Waals surface area contributed by atoms with Crippen molar-refractivity contribution in [3.63, 3.8) is 0 Å². The van der Waals surface area contributed by atoms with E-state index in [0.29, 0.717) is 18.0 Å². The zero-order chi connectivity index (χ0) is 19.0. The maximum Gasteiger partial charge on any atom is 0.310 e. The van der Waals surface area contributed by atoms with Gasteiger partial charge in [0.15, 0.2) is 0 Å². The molecule has 140 valence electrons. The van der Waals surface area contributed by atoms with Crippen molar-refractivity contribution in [3.8, 4) is 5.75 Å². The highest BCUT2D eigenvalue weighted by Crippen LogP contribution is 2.32. The van der Waals surface area contributed by atoms with Crippen LogP contribution in [0.4, 0.5) is 5.69 Å². The molecular formula is C22H23NO4. The zero-order valence-corrected chi connectivity index (χ0v) is 15.4. The molecule has 0 radical (unpaired) electrons. The van der Waals surface area contributed by atoms with Gasteiger partial charge in [0.2, 0.25) is 0 Å². The number of fused-ring (bicyclic) bond motifs is 1.